The van der Waals surface area contributed by atoms with Gasteiger partial charge in [-0.2, -0.15) is 0 Å². The first-order valence-corrected chi connectivity index (χ1v) is 17.3. The van der Waals surface area contributed by atoms with Crippen molar-refractivity contribution in [2.75, 3.05) is 20.2 Å². The fourth-order valence-corrected chi connectivity index (χ4v) is 10.1. The van der Waals surface area contributed by atoms with E-state index < -0.39 is 42.5 Å². The van der Waals surface area contributed by atoms with Crippen molar-refractivity contribution in [1.82, 2.24) is 10.4 Å². The highest BCUT2D eigenvalue weighted by Crippen LogP contribution is 2.67. The van der Waals surface area contributed by atoms with Gasteiger partial charge in [-0.3, -0.25) is 10.2 Å². The second kappa shape index (κ2) is 14.0. The van der Waals surface area contributed by atoms with E-state index in [1.54, 1.807) is 0 Å². The number of amides is 1. The zero-order chi connectivity index (χ0) is 32.6. The third kappa shape index (κ3) is 6.95. The number of nitrogens with one attached hydrogen (secondary N) is 1. The number of hydrazine groups is 1. The van der Waals surface area contributed by atoms with Crippen molar-refractivity contribution in [3.8, 4) is 0 Å². The lowest BCUT2D eigenvalue weighted by Gasteiger charge is -2.59. The van der Waals surface area contributed by atoms with Gasteiger partial charge in [0.1, 0.15) is 23.9 Å². The van der Waals surface area contributed by atoms with E-state index in [1.807, 2.05) is 0 Å². The number of hydrogen-bond acceptors (Lipinski definition) is 8. The van der Waals surface area contributed by atoms with Crippen LogP contribution in [0.4, 0.5) is 0 Å². The van der Waals surface area contributed by atoms with Crippen LogP contribution >= 0.6 is 0 Å². The lowest BCUT2D eigenvalue weighted by Crippen LogP contribution is -2.59. The maximum atomic E-state index is 13.3. The summed E-state index contributed by atoms with van der Waals surface area (Å²) in [4.78, 5) is 13.3. The molecule has 0 heterocycles. The smallest absolute Gasteiger partial charge is 0.266 e. The average molecular weight is 623 g/mol. The second-order valence-electron chi connectivity index (χ2n) is 16.1. The van der Waals surface area contributed by atoms with Crippen LogP contribution in [0.2, 0.25) is 0 Å². The van der Waals surface area contributed by atoms with Crippen molar-refractivity contribution in [3.63, 3.8) is 0 Å². The maximum Gasteiger partial charge on any atom is 0.266 e. The molecule has 0 aromatic carbocycles. The molecule has 3 fully saturated rings. The Morgan fingerprint density at radius 1 is 0.977 bits per heavy atom. The molecule has 9 nitrogen and oxygen atoms in total. The van der Waals surface area contributed by atoms with E-state index >= 15 is 0 Å². The Morgan fingerprint density at radius 2 is 1.66 bits per heavy atom. The van der Waals surface area contributed by atoms with Gasteiger partial charge in [0.05, 0.1) is 12.7 Å². The minimum absolute atomic E-state index is 0.0202. The van der Waals surface area contributed by atoms with Crippen molar-refractivity contribution in [2.24, 2.45) is 46.3 Å². The molecule has 1 amide bonds. The zero-order valence-electron chi connectivity index (χ0n) is 28.1. The molecule has 0 radical (unpaired) electrons. The summed E-state index contributed by atoms with van der Waals surface area (Å²) in [5.74, 6) is 3.77. The molecule has 4 aliphatic carbocycles. The topological polar surface area (TPSA) is 154 Å². The number of fused-ring (bicyclic) bond motifs is 5. The number of hydrogen-bond donors (Lipinski definition) is 7. The van der Waals surface area contributed by atoms with Gasteiger partial charge in [-0.15, -0.1) is 0 Å². The molecule has 0 aliphatic heterocycles. The Kier molecular flexibility index (Phi) is 11.4. The minimum atomic E-state index is -1.74. The van der Waals surface area contributed by atoms with Gasteiger partial charge in [-0.05, 0) is 91.3 Å². The summed E-state index contributed by atoms with van der Waals surface area (Å²) in [6.07, 6.45) is 7.34. The number of likely N-dealkylation sites (N-methyl/N-ethyl adjacent to an activating group) is 1. The summed E-state index contributed by atoms with van der Waals surface area (Å²) >= 11 is 0. The number of allylic oxidation sites excluding steroid dienone is 1. The van der Waals surface area contributed by atoms with Gasteiger partial charge in [-0.25, -0.2) is 5.01 Å². The summed E-state index contributed by atoms with van der Waals surface area (Å²) in [5.41, 5.74) is 2.66. The number of nitrogens with zero attached hydrogens (tertiary/aromatic N) is 1. The van der Waals surface area contributed by atoms with Gasteiger partial charge in [0, 0.05) is 20.0 Å². The molecule has 4 rings (SSSR count). The highest BCUT2D eigenvalue weighted by Gasteiger charge is 2.60. The van der Waals surface area contributed by atoms with Crippen LogP contribution in [-0.4, -0.2) is 91.8 Å². The number of aliphatic hydroxyl groups is 6. The van der Waals surface area contributed by atoms with Gasteiger partial charge in [0.15, 0.2) is 0 Å². The molecule has 0 spiro atoms. The van der Waals surface area contributed by atoms with E-state index in [0.717, 1.165) is 36.5 Å². The largest absolute Gasteiger partial charge is 0.394 e. The number of carbonyl (C=O) groups is 1. The Balaban J connectivity index is 1.38. The van der Waals surface area contributed by atoms with Crippen LogP contribution < -0.4 is 5.43 Å². The normalized spacial score (nSPS) is 38.6. The molecule has 9 heteroatoms. The van der Waals surface area contributed by atoms with E-state index in [-0.39, 0.29) is 18.4 Å². The van der Waals surface area contributed by atoms with Crippen LogP contribution in [-0.2, 0) is 4.79 Å². The fraction of sp³-hybridized carbons (Fsp3) is 0.914. The van der Waals surface area contributed by atoms with Crippen molar-refractivity contribution in [2.45, 2.75) is 135 Å². The van der Waals surface area contributed by atoms with Crippen molar-refractivity contribution >= 4 is 5.91 Å². The quantitative estimate of drug-likeness (QED) is 0.122. The maximum absolute atomic E-state index is 13.3. The van der Waals surface area contributed by atoms with Gasteiger partial charge in [0.25, 0.3) is 5.91 Å². The number of carbonyl (C=O) groups excluding carboxylic acids is 1. The third-order valence-electron chi connectivity index (χ3n) is 12.9. The Labute approximate surface area is 265 Å². The Morgan fingerprint density at radius 3 is 2.32 bits per heavy atom. The molecule has 0 unspecified atom stereocenters. The molecule has 3 saturated carbocycles. The molecular formula is C35H62N2O7. The molecule has 12 atom stereocenters. The molecule has 0 saturated heterocycles. The molecule has 0 aromatic heterocycles. The van der Waals surface area contributed by atoms with Gasteiger partial charge in [-0.1, -0.05) is 65.5 Å². The van der Waals surface area contributed by atoms with Crippen LogP contribution in [0.5, 0.6) is 0 Å². The predicted octanol–water partition coefficient (Wildman–Crippen LogP) is 3.16. The summed E-state index contributed by atoms with van der Waals surface area (Å²) in [6.45, 7) is 11.1. The van der Waals surface area contributed by atoms with Crippen molar-refractivity contribution in [1.29, 1.82) is 0 Å². The second-order valence-corrected chi connectivity index (χ2v) is 16.1. The molecule has 7 N–H and O–H groups in total. The van der Waals surface area contributed by atoms with Crippen molar-refractivity contribution < 1.29 is 35.4 Å². The average Bonchev–Trinajstić information content (AvgIpc) is 3.33. The first-order valence-electron chi connectivity index (χ1n) is 17.3. The lowest BCUT2D eigenvalue weighted by molar-refractivity contribution is -0.152. The van der Waals surface area contributed by atoms with Crippen LogP contribution in [0.25, 0.3) is 0 Å². The summed E-state index contributed by atoms with van der Waals surface area (Å²) < 4.78 is 0. The SMILES string of the molecule is CC(C)CCC[C@@H](C)[C@H]1CC[C@H]2[C@@H]3CC=C4C[C@@](O)(C(=O)NN(C)C[C@H](O)[C@@H](O)[C@H](O)[C@H](O)CO)CC[C@]4(C)[C@H]3CC[C@]12C. The van der Waals surface area contributed by atoms with Crippen LogP contribution in [0.3, 0.4) is 0 Å². The first kappa shape index (κ1) is 35.8. The number of rotatable bonds is 13. The molecule has 4 aliphatic rings. The van der Waals surface area contributed by atoms with Gasteiger partial charge < -0.3 is 30.6 Å². The predicted molar refractivity (Wildman–Crippen MR) is 170 cm³/mol. The van der Waals surface area contributed by atoms with E-state index in [1.165, 1.54) is 62.6 Å². The van der Waals surface area contributed by atoms with Crippen LogP contribution in [0.1, 0.15) is 105 Å². The molecular weight excluding hydrogens is 560 g/mol. The van der Waals surface area contributed by atoms with Gasteiger partial charge in [0.2, 0.25) is 0 Å². The Bertz CT molecular complexity index is 1020. The van der Waals surface area contributed by atoms with Gasteiger partial charge >= 0.3 is 0 Å². The Hall–Kier alpha value is -1.07. The monoisotopic (exact) mass is 622 g/mol. The van der Waals surface area contributed by atoms with Crippen LogP contribution in [0, 0.1) is 46.3 Å². The summed E-state index contributed by atoms with van der Waals surface area (Å²) in [6, 6.07) is 0. The molecule has 44 heavy (non-hydrogen) atoms. The number of aliphatic hydroxyl groups excluding tert-OH is 5. The summed E-state index contributed by atoms with van der Waals surface area (Å²) in [7, 11) is 1.50. The lowest BCUT2D eigenvalue weighted by atomic mass is 9.46. The van der Waals surface area contributed by atoms with E-state index in [9.17, 15) is 30.3 Å². The summed E-state index contributed by atoms with van der Waals surface area (Å²) in [5, 5.41) is 61.7. The first-order chi connectivity index (χ1) is 20.6. The minimum Gasteiger partial charge on any atom is -0.394 e. The third-order valence-corrected chi connectivity index (χ3v) is 12.9. The standard InChI is InChI=1S/C35H62N2O7/c1-21(2)8-7-9-22(3)25-12-13-26-24-11-10-23-18-35(44,17-16-33(23,4)27(24)14-15-34(25,26)5)32(43)36-37(6)19-28(39)30(41)31(42)29(40)20-38/h10,21-22,24-31,38-42,44H,7-9,11-20H2,1-6H3,(H,36,43)/t22-,24+,25-,26+,27+,28+,29-,30-,31-,33+,34-,35-/m1/s1. The molecule has 254 valence electrons. The van der Waals surface area contributed by atoms with Crippen LogP contribution in [0.15, 0.2) is 11.6 Å². The fourth-order valence-electron chi connectivity index (χ4n) is 10.1. The molecule has 0 bridgehead atoms. The molecule has 0 aromatic rings. The van der Waals surface area contributed by atoms with Crippen molar-refractivity contribution in [3.05, 3.63) is 11.6 Å². The van der Waals surface area contributed by atoms with E-state index in [4.69, 9.17) is 5.11 Å². The van der Waals surface area contributed by atoms with E-state index in [0.29, 0.717) is 23.7 Å². The highest BCUT2D eigenvalue weighted by atomic mass is 16.4. The zero-order valence-corrected chi connectivity index (χ0v) is 28.1. The van der Waals surface area contributed by atoms with E-state index in [2.05, 4.69) is 46.1 Å². The highest BCUT2D eigenvalue weighted by molar-refractivity contribution is 5.85.